The normalized spacial score (nSPS) is 12.0. The Bertz CT molecular complexity index is 553. The summed E-state index contributed by atoms with van der Waals surface area (Å²) in [5, 5.41) is 4.32. The molecule has 1 unspecified atom stereocenters. The maximum absolute atomic E-state index is 6.07. The maximum atomic E-state index is 6.07. The Morgan fingerprint density at radius 1 is 1.10 bits per heavy atom. The number of hydrogen-bond acceptors (Lipinski definition) is 2. The molecule has 0 amide bonds. The average Bonchev–Trinajstić information content (AvgIpc) is 2.51. The molecule has 0 aromatic heterocycles. The lowest BCUT2D eigenvalue weighted by atomic mass is 10.0. The second-order valence-electron chi connectivity index (χ2n) is 5.03. The zero-order chi connectivity index (χ0) is 15.1. The summed E-state index contributed by atoms with van der Waals surface area (Å²) in [6, 6.07) is 16.4. The van der Waals surface area contributed by atoms with Gasteiger partial charge in [-0.05, 0) is 54.8 Å². The highest BCUT2D eigenvalue weighted by atomic mass is 35.5. The molecule has 112 valence electrons. The number of benzene rings is 2. The summed E-state index contributed by atoms with van der Waals surface area (Å²) in [4.78, 5) is 0. The first-order valence-electron chi connectivity index (χ1n) is 7.47. The van der Waals surface area contributed by atoms with Gasteiger partial charge in [0.05, 0.1) is 12.6 Å². The monoisotopic (exact) mass is 303 g/mol. The second kappa shape index (κ2) is 7.94. The Labute approximate surface area is 132 Å². The first-order valence-corrected chi connectivity index (χ1v) is 7.85. The summed E-state index contributed by atoms with van der Waals surface area (Å²) in [5.74, 6) is 0.915. The van der Waals surface area contributed by atoms with E-state index in [-0.39, 0.29) is 6.04 Å². The molecule has 0 fully saturated rings. The van der Waals surface area contributed by atoms with E-state index < -0.39 is 0 Å². The van der Waals surface area contributed by atoms with Gasteiger partial charge in [0.1, 0.15) is 5.75 Å². The number of ether oxygens (including phenoxy) is 1. The van der Waals surface area contributed by atoms with Crippen LogP contribution in [0.4, 0.5) is 5.69 Å². The Morgan fingerprint density at radius 3 is 2.48 bits per heavy atom. The van der Waals surface area contributed by atoms with Crippen molar-refractivity contribution in [1.29, 1.82) is 0 Å². The van der Waals surface area contributed by atoms with Gasteiger partial charge >= 0.3 is 0 Å². The molecular formula is C18H22ClNO. The summed E-state index contributed by atoms with van der Waals surface area (Å²) < 4.78 is 5.60. The van der Waals surface area contributed by atoms with Gasteiger partial charge in [0.25, 0.3) is 0 Å². The molecule has 0 aliphatic carbocycles. The number of hydrogen-bond donors (Lipinski definition) is 1. The van der Waals surface area contributed by atoms with Crippen LogP contribution in [0.15, 0.2) is 48.5 Å². The van der Waals surface area contributed by atoms with Gasteiger partial charge in [0, 0.05) is 10.7 Å². The van der Waals surface area contributed by atoms with E-state index in [0.29, 0.717) is 0 Å². The van der Waals surface area contributed by atoms with E-state index >= 15 is 0 Å². The molecule has 1 N–H and O–H groups in total. The van der Waals surface area contributed by atoms with Crippen LogP contribution in [0, 0.1) is 0 Å². The minimum Gasteiger partial charge on any atom is -0.494 e. The van der Waals surface area contributed by atoms with Crippen molar-refractivity contribution in [2.75, 3.05) is 11.9 Å². The highest BCUT2D eigenvalue weighted by Crippen LogP contribution is 2.25. The van der Waals surface area contributed by atoms with Crippen LogP contribution in [-0.4, -0.2) is 6.61 Å². The summed E-state index contributed by atoms with van der Waals surface area (Å²) in [7, 11) is 0. The lowest BCUT2D eigenvalue weighted by Crippen LogP contribution is -2.09. The van der Waals surface area contributed by atoms with E-state index in [2.05, 4.69) is 37.4 Å². The largest absolute Gasteiger partial charge is 0.494 e. The third-order valence-corrected chi connectivity index (χ3v) is 3.56. The van der Waals surface area contributed by atoms with Crippen molar-refractivity contribution in [3.05, 3.63) is 59.1 Å². The highest BCUT2D eigenvalue weighted by Gasteiger charge is 2.09. The lowest BCUT2D eigenvalue weighted by molar-refractivity contribution is 0.317. The molecule has 2 aromatic rings. The van der Waals surface area contributed by atoms with Crippen molar-refractivity contribution >= 4 is 17.3 Å². The van der Waals surface area contributed by atoms with Gasteiger partial charge in [-0.25, -0.2) is 0 Å². The highest BCUT2D eigenvalue weighted by molar-refractivity contribution is 6.30. The molecule has 0 radical (unpaired) electrons. The summed E-state index contributed by atoms with van der Waals surface area (Å²) >= 11 is 6.07. The Hall–Kier alpha value is -1.67. The van der Waals surface area contributed by atoms with Crippen LogP contribution < -0.4 is 10.1 Å². The van der Waals surface area contributed by atoms with Crippen molar-refractivity contribution in [2.24, 2.45) is 0 Å². The molecule has 0 spiro atoms. The fourth-order valence-corrected chi connectivity index (χ4v) is 2.41. The van der Waals surface area contributed by atoms with Crippen molar-refractivity contribution in [3.63, 3.8) is 0 Å². The molecule has 0 saturated carbocycles. The SMILES string of the molecule is CCCOc1ccc(NC(CC)c2cccc(Cl)c2)cc1. The summed E-state index contributed by atoms with van der Waals surface area (Å²) in [5.41, 5.74) is 2.29. The molecule has 1 atom stereocenters. The zero-order valence-corrected chi connectivity index (χ0v) is 13.4. The Balaban J connectivity index is 2.04. The van der Waals surface area contributed by atoms with Crippen molar-refractivity contribution in [2.45, 2.75) is 32.7 Å². The van der Waals surface area contributed by atoms with Gasteiger partial charge in [-0.3, -0.25) is 0 Å². The number of anilines is 1. The molecule has 2 rings (SSSR count). The van der Waals surface area contributed by atoms with Crippen LogP contribution in [-0.2, 0) is 0 Å². The van der Waals surface area contributed by atoms with Crippen LogP contribution in [0.3, 0.4) is 0 Å². The molecule has 2 aromatic carbocycles. The van der Waals surface area contributed by atoms with Crippen molar-refractivity contribution in [3.8, 4) is 5.75 Å². The Morgan fingerprint density at radius 2 is 1.86 bits per heavy atom. The van der Waals surface area contributed by atoms with Crippen LogP contribution in [0.25, 0.3) is 0 Å². The topological polar surface area (TPSA) is 21.3 Å². The molecule has 0 aliphatic heterocycles. The third-order valence-electron chi connectivity index (χ3n) is 3.33. The van der Waals surface area contributed by atoms with Crippen molar-refractivity contribution < 1.29 is 4.74 Å². The van der Waals surface area contributed by atoms with E-state index in [0.717, 1.165) is 35.9 Å². The molecule has 21 heavy (non-hydrogen) atoms. The van der Waals surface area contributed by atoms with Gasteiger partial charge < -0.3 is 10.1 Å². The molecular weight excluding hydrogens is 282 g/mol. The summed E-state index contributed by atoms with van der Waals surface area (Å²) in [6.07, 6.45) is 2.01. The minimum absolute atomic E-state index is 0.256. The fourth-order valence-electron chi connectivity index (χ4n) is 2.21. The average molecular weight is 304 g/mol. The number of halogens is 1. The fraction of sp³-hybridized carbons (Fsp3) is 0.333. The number of rotatable bonds is 7. The van der Waals surface area contributed by atoms with E-state index in [1.54, 1.807) is 0 Å². The molecule has 0 saturated heterocycles. The first kappa shape index (κ1) is 15.7. The summed E-state index contributed by atoms with van der Waals surface area (Å²) in [6.45, 7) is 5.02. The second-order valence-corrected chi connectivity index (χ2v) is 5.47. The van der Waals surface area contributed by atoms with Crippen molar-refractivity contribution in [1.82, 2.24) is 0 Å². The van der Waals surface area contributed by atoms with Crippen LogP contribution in [0.1, 0.15) is 38.3 Å². The van der Waals surface area contributed by atoms with E-state index in [1.807, 2.05) is 30.3 Å². The molecule has 0 bridgehead atoms. The van der Waals surface area contributed by atoms with E-state index in [9.17, 15) is 0 Å². The van der Waals surface area contributed by atoms with Crippen LogP contribution >= 0.6 is 11.6 Å². The van der Waals surface area contributed by atoms with Crippen LogP contribution in [0.5, 0.6) is 5.75 Å². The van der Waals surface area contributed by atoms with Gasteiger partial charge in [-0.1, -0.05) is 37.6 Å². The Kier molecular flexibility index (Phi) is 5.94. The smallest absolute Gasteiger partial charge is 0.119 e. The zero-order valence-electron chi connectivity index (χ0n) is 12.6. The van der Waals surface area contributed by atoms with Gasteiger partial charge in [0.2, 0.25) is 0 Å². The molecule has 0 heterocycles. The standard InChI is InChI=1S/C18H22ClNO/c1-3-12-21-17-10-8-16(9-11-17)20-18(4-2)14-6-5-7-15(19)13-14/h5-11,13,18,20H,3-4,12H2,1-2H3. The molecule has 2 nitrogen and oxygen atoms in total. The van der Waals surface area contributed by atoms with Gasteiger partial charge in [-0.2, -0.15) is 0 Å². The van der Waals surface area contributed by atoms with E-state index in [1.165, 1.54) is 5.56 Å². The predicted octanol–water partition coefficient (Wildman–Crippen LogP) is 5.69. The quantitative estimate of drug-likeness (QED) is 0.709. The number of nitrogens with one attached hydrogen (secondary N) is 1. The first-order chi connectivity index (χ1) is 10.2. The predicted molar refractivity (Wildman–Crippen MR) is 90.3 cm³/mol. The van der Waals surface area contributed by atoms with E-state index in [4.69, 9.17) is 16.3 Å². The lowest BCUT2D eigenvalue weighted by Gasteiger charge is -2.19. The van der Waals surface area contributed by atoms with Crippen LogP contribution in [0.2, 0.25) is 5.02 Å². The van der Waals surface area contributed by atoms with Gasteiger partial charge in [0.15, 0.2) is 0 Å². The molecule has 0 aliphatic rings. The minimum atomic E-state index is 0.256. The third kappa shape index (κ3) is 4.68. The maximum Gasteiger partial charge on any atom is 0.119 e. The van der Waals surface area contributed by atoms with Gasteiger partial charge in [-0.15, -0.1) is 0 Å². The molecule has 3 heteroatoms.